The lowest BCUT2D eigenvalue weighted by atomic mass is 10.4. The predicted molar refractivity (Wildman–Crippen MR) is 59.5 cm³/mol. The molecule has 72 valence electrons. The standard InChI is InChI=1S/C9H21N2P/c1-5-7-11(4)9(3)10-12-8-6-2/h12H,5-8H2,1-4H3/b10-9+. The fourth-order valence-corrected chi connectivity index (χ4v) is 1.60. The fraction of sp³-hybridized carbons (Fsp3) is 0.889. The van der Waals surface area contributed by atoms with Gasteiger partial charge in [0, 0.05) is 22.3 Å². The normalized spacial score (nSPS) is 12.8. The summed E-state index contributed by atoms with van der Waals surface area (Å²) in [4.78, 5) is 2.22. The predicted octanol–water partition coefficient (Wildman–Crippen LogP) is 2.75. The molecule has 0 aliphatic carbocycles. The SMILES string of the molecule is CCCP/N=C(\C)N(C)CCC. The lowest BCUT2D eigenvalue weighted by Gasteiger charge is -2.17. The smallest absolute Gasteiger partial charge is 0.0992 e. The van der Waals surface area contributed by atoms with Crippen molar-refractivity contribution in [2.24, 2.45) is 4.76 Å². The molecule has 0 heterocycles. The molecule has 1 unspecified atom stereocenters. The van der Waals surface area contributed by atoms with Crippen LogP contribution < -0.4 is 0 Å². The van der Waals surface area contributed by atoms with Crippen LogP contribution in [0, 0.1) is 0 Å². The van der Waals surface area contributed by atoms with Crippen molar-refractivity contribution < 1.29 is 0 Å². The maximum Gasteiger partial charge on any atom is 0.0992 e. The van der Waals surface area contributed by atoms with Gasteiger partial charge in [0.15, 0.2) is 0 Å². The first-order valence-corrected chi connectivity index (χ1v) is 5.86. The van der Waals surface area contributed by atoms with Crippen LogP contribution in [0.5, 0.6) is 0 Å². The van der Waals surface area contributed by atoms with Gasteiger partial charge in [0.25, 0.3) is 0 Å². The number of hydrogen-bond acceptors (Lipinski definition) is 1. The average molecular weight is 188 g/mol. The van der Waals surface area contributed by atoms with Gasteiger partial charge in [-0.05, 0) is 19.5 Å². The molecule has 0 bridgehead atoms. The minimum atomic E-state index is 0.756. The van der Waals surface area contributed by atoms with Crippen molar-refractivity contribution in [1.29, 1.82) is 0 Å². The first kappa shape index (κ1) is 11.9. The van der Waals surface area contributed by atoms with E-state index in [2.05, 4.69) is 37.5 Å². The van der Waals surface area contributed by atoms with Crippen molar-refractivity contribution in [3.63, 3.8) is 0 Å². The van der Waals surface area contributed by atoms with Crippen LogP contribution in [0.2, 0.25) is 0 Å². The van der Waals surface area contributed by atoms with Gasteiger partial charge in [-0.2, -0.15) is 0 Å². The van der Waals surface area contributed by atoms with Crippen molar-refractivity contribution in [2.75, 3.05) is 19.8 Å². The van der Waals surface area contributed by atoms with Crippen LogP contribution in [0.25, 0.3) is 0 Å². The molecule has 0 amide bonds. The van der Waals surface area contributed by atoms with Crippen LogP contribution >= 0.6 is 8.73 Å². The van der Waals surface area contributed by atoms with Crippen molar-refractivity contribution >= 4 is 14.6 Å². The maximum absolute atomic E-state index is 4.50. The Balaban J connectivity index is 3.65. The zero-order valence-electron chi connectivity index (χ0n) is 8.72. The number of nitrogens with zero attached hydrogens (tertiary/aromatic N) is 2. The summed E-state index contributed by atoms with van der Waals surface area (Å²) >= 11 is 0. The first-order chi connectivity index (χ1) is 5.72. The molecule has 0 radical (unpaired) electrons. The Morgan fingerprint density at radius 1 is 1.33 bits per heavy atom. The molecule has 0 aliphatic rings. The summed E-state index contributed by atoms with van der Waals surface area (Å²) in [6.07, 6.45) is 3.67. The van der Waals surface area contributed by atoms with E-state index in [1.165, 1.54) is 24.8 Å². The molecule has 3 heteroatoms. The molecule has 2 nitrogen and oxygen atoms in total. The molecular formula is C9H21N2P. The summed E-state index contributed by atoms with van der Waals surface area (Å²) in [6.45, 7) is 7.61. The van der Waals surface area contributed by atoms with Crippen LogP contribution in [-0.2, 0) is 0 Å². The molecule has 0 N–H and O–H groups in total. The third-order valence-corrected chi connectivity index (χ3v) is 2.92. The number of rotatable bonds is 5. The van der Waals surface area contributed by atoms with Gasteiger partial charge in [-0.15, -0.1) is 0 Å². The van der Waals surface area contributed by atoms with Crippen molar-refractivity contribution in [2.45, 2.75) is 33.6 Å². The highest BCUT2D eigenvalue weighted by molar-refractivity contribution is 7.36. The maximum atomic E-state index is 4.50. The van der Waals surface area contributed by atoms with E-state index in [1.807, 2.05) is 0 Å². The van der Waals surface area contributed by atoms with Gasteiger partial charge in [-0.25, -0.2) is 0 Å². The Morgan fingerprint density at radius 2 is 2.00 bits per heavy atom. The summed E-state index contributed by atoms with van der Waals surface area (Å²) in [5, 5.41) is 0. The van der Waals surface area contributed by atoms with Gasteiger partial charge in [0.2, 0.25) is 0 Å². The first-order valence-electron chi connectivity index (χ1n) is 4.70. The fourth-order valence-electron chi connectivity index (χ4n) is 0.865. The summed E-state index contributed by atoms with van der Waals surface area (Å²) in [5.74, 6) is 1.18. The van der Waals surface area contributed by atoms with E-state index in [-0.39, 0.29) is 0 Å². The minimum absolute atomic E-state index is 0.756. The molecule has 0 spiro atoms. The molecule has 0 rings (SSSR count). The molecule has 1 atom stereocenters. The zero-order chi connectivity index (χ0) is 9.40. The van der Waals surface area contributed by atoms with Crippen LogP contribution in [0.15, 0.2) is 4.76 Å². The molecule has 0 aromatic rings. The average Bonchev–Trinajstić information content (AvgIpc) is 2.05. The molecule has 0 aliphatic heterocycles. The highest BCUT2D eigenvalue weighted by Crippen LogP contribution is 2.13. The van der Waals surface area contributed by atoms with E-state index in [1.54, 1.807) is 0 Å². The monoisotopic (exact) mass is 188 g/mol. The summed E-state index contributed by atoms with van der Waals surface area (Å²) in [7, 11) is 2.87. The second-order valence-electron chi connectivity index (χ2n) is 2.99. The van der Waals surface area contributed by atoms with Gasteiger partial charge in [0.05, 0.1) is 5.84 Å². The molecule has 0 saturated carbocycles. The van der Waals surface area contributed by atoms with E-state index in [9.17, 15) is 0 Å². The Hall–Kier alpha value is -0.100. The number of amidine groups is 1. The third-order valence-electron chi connectivity index (χ3n) is 1.71. The topological polar surface area (TPSA) is 15.6 Å². The Kier molecular flexibility index (Phi) is 7.48. The Bertz CT molecular complexity index is 134. The van der Waals surface area contributed by atoms with Crippen molar-refractivity contribution in [3.05, 3.63) is 0 Å². The summed E-state index contributed by atoms with van der Waals surface area (Å²) in [6, 6.07) is 0. The van der Waals surface area contributed by atoms with Crippen LogP contribution in [0.3, 0.4) is 0 Å². The van der Waals surface area contributed by atoms with Gasteiger partial charge >= 0.3 is 0 Å². The zero-order valence-corrected chi connectivity index (χ0v) is 9.72. The molecule has 0 saturated heterocycles. The lowest BCUT2D eigenvalue weighted by molar-refractivity contribution is 0.499. The molecular weight excluding hydrogens is 167 g/mol. The van der Waals surface area contributed by atoms with E-state index >= 15 is 0 Å². The quantitative estimate of drug-likeness (QED) is 0.280. The second-order valence-corrected chi connectivity index (χ2v) is 4.03. The molecule has 0 aromatic carbocycles. The van der Waals surface area contributed by atoms with E-state index in [0.717, 1.165) is 15.3 Å². The molecule has 0 aromatic heterocycles. The summed E-state index contributed by atoms with van der Waals surface area (Å²) < 4.78 is 4.50. The van der Waals surface area contributed by atoms with Crippen molar-refractivity contribution in [3.8, 4) is 0 Å². The Labute approximate surface area is 78.3 Å². The minimum Gasteiger partial charge on any atom is -0.363 e. The van der Waals surface area contributed by atoms with E-state index in [4.69, 9.17) is 0 Å². The van der Waals surface area contributed by atoms with Gasteiger partial charge in [-0.3, -0.25) is 4.76 Å². The van der Waals surface area contributed by atoms with E-state index in [0.29, 0.717) is 0 Å². The van der Waals surface area contributed by atoms with E-state index < -0.39 is 0 Å². The second kappa shape index (κ2) is 7.54. The largest absolute Gasteiger partial charge is 0.363 e. The van der Waals surface area contributed by atoms with Crippen molar-refractivity contribution in [1.82, 2.24) is 4.90 Å². The lowest BCUT2D eigenvalue weighted by Crippen LogP contribution is -2.24. The Morgan fingerprint density at radius 3 is 2.50 bits per heavy atom. The highest BCUT2D eigenvalue weighted by Gasteiger charge is 1.96. The molecule has 12 heavy (non-hydrogen) atoms. The van der Waals surface area contributed by atoms with Crippen LogP contribution in [0.1, 0.15) is 33.6 Å². The third kappa shape index (κ3) is 5.54. The van der Waals surface area contributed by atoms with Gasteiger partial charge in [0.1, 0.15) is 0 Å². The molecule has 0 fully saturated rings. The summed E-state index contributed by atoms with van der Waals surface area (Å²) in [5.41, 5.74) is 0. The van der Waals surface area contributed by atoms with Crippen LogP contribution in [-0.4, -0.2) is 30.5 Å². The van der Waals surface area contributed by atoms with Gasteiger partial charge in [-0.1, -0.05) is 20.3 Å². The number of hydrogen-bond donors (Lipinski definition) is 0. The van der Waals surface area contributed by atoms with Gasteiger partial charge < -0.3 is 4.90 Å². The van der Waals surface area contributed by atoms with Crippen LogP contribution in [0.4, 0.5) is 0 Å². The highest BCUT2D eigenvalue weighted by atomic mass is 31.1.